The van der Waals surface area contributed by atoms with Gasteiger partial charge in [0, 0.05) is 5.56 Å². The first-order valence-electron chi connectivity index (χ1n) is 7.52. The first kappa shape index (κ1) is 15.8. The van der Waals surface area contributed by atoms with Gasteiger partial charge in [-0.1, -0.05) is 23.8 Å². The molecule has 0 fully saturated rings. The van der Waals surface area contributed by atoms with Gasteiger partial charge in [0.25, 0.3) is 5.91 Å². The molecule has 0 atom stereocenters. The fraction of sp³-hybridized carbons (Fsp3) is 0.158. The molecule has 0 saturated carbocycles. The molecule has 1 heterocycles. The SMILES string of the molecule is COc1ccc(C)cc1/C=C1/N=C(c2ccccc2OC)NC1=O. The van der Waals surface area contributed by atoms with Crippen molar-refractivity contribution in [1.82, 2.24) is 5.32 Å². The zero-order valence-corrected chi connectivity index (χ0v) is 13.8. The molecule has 5 nitrogen and oxygen atoms in total. The Hall–Kier alpha value is -3.08. The molecule has 3 rings (SSSR count). The number of hydrogen-bond acceptors (Lipinski definition) is 4. The van der Waals surface area contributed by atoms with E-state index in [0.717, 1.165) is 16.7 Å². The van der Waals surface area contributed by atoms with E-state index in [9.17, 15) is 4.79 Å². The summed E-state index contributed by atoms with van der Waals surface area (Å²) < 4.78 is 10.7. The summed E-state index contributed by atoms with van der Waals surface area (Å²) in [6.45, 7) is 1.99. The van der Waals surface area contributed by atoms with Crippen LogP contribution in [-0.2, 0) is 4.79 Å². The maximum absolute atomic E-state index is 12.3. The number of aliphatic imine (C=N–C) groups is 1. The Balaban J connectivity index is 2.02. The number of nitrogens with zero attached hydrogens (tertiary/aromatic N) is 1. The molecule has 0 radical (unpaired) electrons. The normalized spacial score (nSPS) is 15.2. The van der Waals surface area contributed by atoms with Crippen LogP contribution in [-0.4, -0.2) is 26.0 Å². The summed E-state index contributed by atoms with van der Waals surface area (Å²) >= 11 is 0. The van der Waals surface area contributed by atoms with E-state index >= 15 is 0 Å². The van der Waals surface area contributed by atoms with Crippen LogP contribution < -0.4 is 14.8 Å². The molecule has 5 heteroatoms. The summed E-state index contributed by atoms with van der Waals surface area (Å²) in [6.07, 6.45) is 1.73. The lowest BCUT2D eigenvalue weighted by atomic mass is 10.1. The summed E-state index contributed by atoms with van der Waals surface area (Å²) in [5.74, 6) is 1.59. The van der Waals surface area contributed by atoms with Gasteiger partial charge in [-0.05, 0) is 37.3 Å². The third kappa shape index (κ3) is 3.01. The van der Waals surface area contributed by atoms with Crippen LogP contribution in [0.15, 0.2) is 53.2 Å². The number of amides is 1. The Morgan fingerprint density at radius 2 is 1.79 bits per heavy atom. The minimum atomic E-state index is -0.250. The topological polar surface area (TPSA) is 59.9 Å². The van der Waals surface area contributed by atoms with Crippen LogP contribution in [0.1, 0.15) is 16.7 Å². The number of ether oxygens (including phenoxy) is 2. The van der Waals surface area contributed by atoms with Crippen molar-refractivity contribution < 1.29 is 14.3 Å². The summed E-state index contributed by atoms with van der Waals surface area (Å²) in [7, 11) is 3.19. The molecule has 0 saturated heterocycles. The third-order valence-electron chi connectivity index (χ3n) is 3.74. The number of hydrogen-bond donors (Lipinski definition) is 1. The number of aryl methyl sites for hydroxylation is 1. The fourth-order valence-corrected chi connectivity index (χ4v) is 2.55. The minimum Gasteiger partial charge on any atom is -0.496 e. The van der Waals surface area contributed by atoms with E-state index < -0.39 is 0 Å². The number of para-hydroxylation sites is 1. The first-order chi connectivity index (χ1) is 11.6. The van der Waals surface area contributed by atoms with E-state index in [2.05, 4.69) is 10.3 Å². The molecule has 1 amide bonds. The van der Waals surface area contributed by atoms with Crippen LogP contribution in [0.4, 0.5) is 0 Å². The predicted octanol–water partition coefficient (Wildman–Crippen LogP) is 2.93. The molecule has 0 bridgehead atoms. The molecule has 2 aromatic carbocycles. The van der Waals surface area contributed by atoms with Gasteiger partial charge >= 0.3 is 0 Å². The average molecular weight is 322 g/mol. The molecule has 1 N–H and O–H groups in total. The molecule has 122 valence electrons. The molecule has 0 spiro atoms. The predicted molar refractivity (Wildman–Crippen MR) is 93.4 cm³/mol. The quantitative estimate of drug-likeness (QED) is 0.881. The number of amidine groups is 1. The van der Waals surface area contributed by atoms with Crippen molar-refractivity contribution in [3.8, 4) is 11.5 Å². The van der Waals surface area contributed by atoms with Gasteiger partial charge in [-0.2, -0.15) is 0 Å². The Labute approximate surface area is 140 Å². The molecule has 1 aliphatic heterocycles. The van der Waals surface area contributed by atoms with Crippen molar-refractivity contribution >= 4 is 17.8 Å². The van der Waals surface area contributed by atoms with Gasteiger partial charge in [0.15, 0.2) is 0 Å². The van der Waals surface area contributed by atoms with E-state index in [4.69, 9.17) is 9.47 Å². The van der Waals surface area contributed by atoms with Crippen LogP contribution in [0.5, 0.6) is 11.5 Å². The molecule has 0 unspecified atom stereocenters. The van der Waals surface area contributed by atoms with Crippen molar-refractivity contribution in [2.75, 3.05) is 14.2 Å². The van der Waals surface area contributed by atoms with Crippen molar-refractivity contribution in [2.45, 2.75) is 6.92 Å². The zero-order valence-electron chi connectivity index (χ0n) is 13.8. The Morgan fingerprint density at radius 1 is 1.04 bits per heavy atom. The van der Waals surface area contributed by atoms with Crippen molar-refractivity contribution in [3.05, 3.63) is 64.9 Å². The molecule has 1 aliphatic rings. The summed E-state index contributed by atoms with van der Waals surface area (Å²) in [6, 6.07) is 13.2. The lowest BCUT2D eigenvalue weighted by molar-refractivity contribution is -0.115. The van der Waals surface area contributed by atoms with Gasteiger partial charge < -0.3 is 14.8 Å². The minimum absolute atomic E-state index is 0.250. The van der Waals surface area contributed by atoms with Crippen LogP contribution >= 0.6 is 0 Å². The summed E-state index contributed by atoms with van der Waals surface area (Å²) in [5.41, 5.74) is 2.97. The second kappa shape index (κ2) is 6.58. The standard InChI is InChI=1S/C19H18N2O3/c1-12-8-9-16(23-2)13(10-12)11-15-19(22)21-18(20-15)14-6-4-5-7-17(14)24-3/h4-11H,1-3H3,(H,20,21,22)/b15-11+. The van der Waals surface area contributed by atoms with Crippen LogP contribution in [0, 0.1) is 6.92 Å². The van der Waals surface area contributed by atoms with E-state index in [1.165, 1.54) is 0 Å². The van der Waals surface area contributed by atoms with Crippen LogP contribution in [0.2, 0.25) is 0 Å². The van der Waals surface area contributed by atoms with Crippen molar-refractivity contribution in [3.63, 3.8) is 0 Å². The zero-order chi connectivity index (χ0) is 17.1. The highest BCUT2D eigenvalue weighted by Crippen LogP contribution is 2.25. The van der Waals surface area contributed by atoms with Crippen molar-refractivity contribution in [1.29, 1.82) is 0 Å². The Morgan fingerprint density at radius 3 is 2.54 bits per heavy atom. The van der Waals surface area contributed by atoms with Crippen LogP contribution in [0.3, 0.4) is 0 Å². The maximum atomic E-state index is 12.3. The van der Waals surface area contributed by atoms with E-state index in [-0.39, 0.29) is 5.91 Å². The number of nitrogens with one attached hydrogen (secondary N) is 1. The monoisotopic (exact) mass is 322 g/mol. The first-order valence-corrected chi connectivity index (χ1v) is 7.52. The summed E-state index contributed by atoms with van der Waals surface area (Å²) in [5, 5.41) is 2.79. The highest BCUT2D eigenvalue weighted by atomic mass is 16.5. The van der Waals surface area contributed by atoms with Gasteiger partial charge in [0.05, 0.1) is 19.8 Å². The van der Waals surface area contributed by atoms with Gasteiger partial charge in [0.1, 0.15) is 23.0 Å². The second-order valence-electron chi connectivity index (χ2n) is 5.39. The number of carbonyl (C=O) groups is 1. The van der Waals surface area contributed by atoms with E-state index in [0.29, 0.717) is 23.0 Å². The average Bonchev–Trinajstić information content (AvgIpc) is 2.95. The maximum Gasteiger partial charge on any atom is 0.275 e. The molecule has 2 aromatic rings. The molecule has 0 aliphatic carbocycles. The molecule has 24 heavy (non-hydrogen) atoms. The number of methoxy groups -OCH3 is 2. The van der Waals surface area contributed by atoms with E-state index in [1.54, 1.807) is 20.3 Å². The smallest absolute Gasteiger partial charge is 0.275 e. The van der Waals surface area contributed by atoms with Gasteiger partial charge in [-0.3, -0.25) is 4.79 Å². The molecule has 0 aromatic heterocycles. The lowest BCUT2D eigenvalue weighted by Crippen LogP contribution is -2.25. The van der Waals surface area contributed by atoms with E-state index in [1.807, 2.05) is 49.4 Å². The number of rotatable bonds is 4. The fourth-order valence-electron chi connectivity index (χ4n) is 2.55. The van der Waals surface area contributed by atoms with Crippen LogP contribution in [0.25, 0.3) is 6.08 Å². The largest absolute Gasteiger partial charge is 0.496 e. The third-order valence-corrected chi connectivity index (χ3v) is 3.74. The molecular formula is C19H18N2O3. The van der Waals surface area contributed by atoms with Gasteiger partial charge in [-0.25, -0.2) is 4.99 Å². The molecular weight excluding hydrogens is 304 g/mol. The van der Waals surface area contributed by atoms with Gasteiger partial charge in [0.2, 0.25) is 0 Å². The second-order valence-corrected chi connectivity index (χ2v) is 5.39. The lowest BCUT2D eigenvalue weighted by Gasteiger charge is -2.06. The van der Waals surface area contributed by atoms with Gasteiger partial charge in [-0.15, -0.1) is 0 Å². The Kier molecular flexibility index (Phi) is 4.33. The number of benzene rings is 2. The highest BCUT2D eigenvalue weighted by Gasteiger charge is 2.23. The number of carbonyl (C=O) groups excluding carboxylic acids is 1. The highest BCUT2D eigenvalue weighted by molar-refractivity contribution is 6.20. The summed E-state index contributed by atoms with van der Waals surface area (Å²) in [4.78, 5) is 16.7. The Bertz CT molecular complexity index is 853. The van der Waals surface area contributed by atoms with Crippen molar-refractivity contribution in [2.24, 2.45) is 4.99 Å².